The molecule has 0 radical (unpaired) electrons. The molecule has 2 N–H and O–H groups in total. The van der Waals surface area contributed by atoms with Crippen molar-refractivity contribution in [3.05, 3.63) is 39.9 Å². The van der Waals surface area contributed by atoms with Gasteiger partial charge >= 0.3 is 0 Å². The Labute approximate surface area is 122 Å². The van der Waals surface area contributed by atoms with Crippen LogP contribution < -0.4 is 10.6 Å². The third-order valence-corrected chi connectivity index (χ3v) is 3.43. The SMILES string of the molecule is CCC(NC(=O)C1CNCCO1)c1cccc([N+](=O)[O-])c1. The maximum atomic E-state index is 12.1. The maximum Gasteiger partial charge on any atom is 0.269 e. The van der Waals surface area contributed by atoms with Gasteiger partial charge in [-0.3, -0.25) is 14.9 Å². The van der Waals surface area contributed by atoms with Crippen LogP contribution in [-0.2, 0) is 9.53 Å². The topological polar surface area (TPSA) is 93.5 Å². The van der Waals surface area contributed by atoms with E-state index >= 15 is 0 Å². The summed E-state index contributed by atoms with van der Waals surface area (Å²) in [6, 6.07) is 6.08. The molecule has 2 unspecified atom stereocenters. The molecule has 1 aromatic carbocycles. The lowest BCUT2D eigenvalue weighted by atomic mass is 10.0. The van der Waals surface area contributed by atoms with Gasteiger partial charge in [-0.1, -0.05) is 19.1 Å². The molecule has 2 rings (SSSR count). The molecule has 0 aromatic heterocycles. The number of ether oxygens (including phenoxy) is 1. The molecule has 1 heterocycles. The number of carbonyl (C=O) groups excluding carboxylic acids is 1. The quantitative estimate of drug-likeness (QED) is 0.627. The van der Waals surface area contributed by atoms with Gasteiger partial charge in [0.1, 0.15) is 6.10 Å². The zero-order valence-electron chi connectivity index (χ0n) is 11.9. The molecule has 1 saturated heterocycles. The molecule has 0 spiro atoms. The number of nitro groups is 1. The van der Waals surface area contributed by atoms with Gasteiger partial charge in [-0.2, -0.15) is 0 Å². The van der Waals surface area contributed by atoms with Crippen molar-refractivity contribution >= 4 is 11.6 Å². The Hall–Kier alpha value is -1.99. The summed E-state index contributed by atoms with van der Waals surface area (Å²) in [5.41, 5.74) is 0.750. The second-order valence-corrected chi connectivity index (χ2v) is 4.89. The molecule has 21 heavy (non-hydrogen) atoms. The first-order chi connectivity index (χ1) is 10.1. The molecule has 1 fully saturated rings. The van der Waals surface area contributed by atoms with E-state index in [2.05, 4.69) is 10.6 Å². The van der Waals surface area contributed by atoms with E-state index in [-0.39, 0.29) is 17.6 Å². The second kappa shape index (κ2) is 7.14. The number of nitro benzene ring substituents is 1. The molecular formula is C14H19N3O4. The Bertz CT molecular complexity index is 515. The molecule has 7 heteroatoms. The lowest BCUT2D eigenvalue weighted by molar-refractivity contribution is -0.384. The monoisotopic (exact) mass is 293 g/mol. The molecule has 0 bridgehead atoms. The molecule has 1 amide bonds. The molecule has 1 aromatic rings. The fourth-order valence-corrected chi connectivity index (χ4v) is 2.27. The largest absolute Gasteiger partial charge is 0.366 e. The van der Waals surface area contributed by atoms with Crippen molar-refractivity contribution in [1.82, 2.24) is 10.6 Å². The zero-order chi connectivity index (χ0) is 15.2. The van der Waals surface area contributed by atoms with Crippen LogP contribution in [0.1, 0.15) is 24.9 Å². The van der Waals surface area contributed by atoms with Gasteiger partial charge in [0.2, 0.25) is 0 Å². The van der Waals surface area contributed by atoms with Crippen molar-refractivity contribution in [2.24, 2.45) is 0 Å². The third-order valence-electron chi connectivity index (χ3n) is 3.43. The molecule has 2 atom stereocenters. The number of rotatable bonds is 5. The molecule has 0 aliphatic carbocycles. The Morgan fingerprint density at radius 1 is 1.62 bits per heavy atom. The highest BCUT2D eigenvalue weighted by Crippen LogP contribution is 2.21. The van der Waals surface area contributed by atoms with Crippen LogP contribution in [0.4, 0.5) is 5.69 Å². The Morgan fingerprint density at radius 3 is 3.05 bits per heavy atom. The number of nitrogens with one attached hydrogen (secondary N) is 2. The number of non-ortho nitro benzene ring substituents is 1. The summed E-state index contributed by atoms with van der Waals surface area (Å²) in [4.78, 5) is 22.5. The van der Waals surface area contributed by atoms with Crippen LogP contribution in [0.25, 0.3) is 0 Å². The van der Waals surface area contributed by atoms with E-state index in [0.717, 1.165) is 12.1 Å². The normalized spacial score (nSPS) is 19.8. The zero-order valence-corrected chi connectivity index (χ0v) is 11.9. The summed E-state index contributed by atoms with van der Waals surface area (Å²) in [6.45, 7) is 3.65. The lowest BCUT2D eigenvalue weighted by Crippen LogP contribution is -2.48. The van der Waals surface area contributed by atoms with Gasteiger partial charge in [-0.15, -0.1) is 0 Å². The van der Waals surface area contributed by atoms with Crippen LogP contribution >= 0.6 is 0 Å². The minimum atomic E-state index is -0.508. The number of amides is 1. The van der Waals surface area contributed by atoms with Crippen LogP contribution in [0.3, 0.4) is 0 Å². The predicted molar refractivity (Wildman–Crippen MR) is 76.9 cm³/mol. The predicted octanol–water partition coefficient (Wildman–Crippen LogP) is 1.15. The molecule has 1 aliphatic rings. The van der Waals surface area contributed by atoms with Gasteiger partial charge in [0.25, 0.3) is 11.6 Å². The Kier molecular flexibility index (Phi) is 5.24. The molecule has 114 valence electrons. The first-order valence-electron chi connectivity index (χ1n) is 6.99. The average Bonchev–Trinajstić information content (AvgIpc) is 2.53. The number of benzene rings is 1. The van der Waals surface area contributed by atoms with Crippen molar-refractivity contribution in [1.29, 1.82) is 0 Å². The fraction of sp³-hybridized carbons (Fsp3) is 0.500. The van der Waals surface area contributed by atoms with E-state index < -0.39 is 11.0 Å². The number of morpholine rings is 1. The van der Waals surface area contributed by atoms with Crippen LogP contribution in [0.15, 0.2) is 24.3 Å². The lowest BCUT2D eigenvalue weighted by Gasteiger charge is -2.25. The summed E-state index contributed by atoms with van der Waals surface area (Å²) in [5, 5.41) is 16.8. The standard InChI is InChI=1S/C14H19N3O4/c1-2-12(10-4-3-5-11(8-10)17(19)20)16-14(18)13-9-15-6-7-21-13/h3-5,8,12-13,15H,2,6-7,9H2,1H3,(H,16,18). The number of carbonyl (C=O) groups is 1. The number of hydrogen-bond acceptors (Lipinski definition) is 5. The van der Waals surface area contributed by atoms with Gasteiger partial charge in [0, 0.05) is 25.2 Å². The van der Waals surface area contributed by atoms with Gasteiger partial charge in [0.15, 0.2) is 0 Å². The highest BCUT2D eigenvalue weighted by Gasteiger charge is 2.24. The van der Waals surface area contributed by atoms with Crippen molar-refractivity contribution in [3.8, 4) is 0 Å². The first kappa shape index (κ1) is 15.4. The molecular weight excluding hydrogens is 274 g/mol. The Morgan fingerprint density at radius 2 is 2.43 bits per heavy atom. The van der Waals surface area contributed by atoms with E-state index in [4.69, 9.17) is 4.74 Å². The van der Waals surface area contributed by atoms with Crippen LogP contribution in [0.5, 0.6) is 0 Å². The average molecular weight is 293 g/mol. The van der Waals surface area contributed by atoms with Gasteiger partial charge in [-0.05, 0) is 12.0 Å². The van der Waals surface area contributed by atoms with Gasteiger partial charge in [-0.25, -0.2) is 0 Å². The summed E-state index contributed by atoms with van der Waals surface area (Å²) >= 11 is 0. The highest BCUT2D eigenvalue weighted by atomic mass is 16.6. The summed E-state index contributed by atoms with van der Waals surface area (Å²) in [7, 11) is 0. The van der Waals surface area contributed by atoms with Crippen LogP contribution in [0.2, 0.25) is 0 Å². The Balaban J connectivity index is 2.06. The van der Waals surface area contributed by atoms with Crippen molar-refractivity contribution in [3.63, 3.8) is 0 Å². The van der Waals surface area contributed by atoms with Crippen LogP contribution in [0, 0.1) is 10.1 Å². The second-order valence-electron chi connectivity index (χ2n) is 4.89. The van der Waals surface area contributed by atoms with Gasteiger partial charge < -0.3 is 15.4 Å². The smallest absolute Gasteiger partial charge is 0.269 e. The fourth-order valence-electron chi connectivity index (χ4n) is 2.27. The van der Waals surface area contributed by atoms with Crippen molar-refractivity contribution in [2.45, 2.75) is 25.5 Å². The van der Waals surface area contributed by atoms with E-state index in [1.807, 2.05) is 6.92 Å². The number of hydrogen-bond donors (Lipinski definition) is 2. The van der Waals surface area contributed by atoms with Crippen LogP contribution in [-0.4, -0.2) is 36.6 Å². The van der Waals surface area contributed by atoms with Crippen molar-refractivity contribution < 1.29 is 14.5 Å². The van der Waals surface area contributed by atoms with E-state index in [1.165, 1.54) is 12.1 Å². The molecule has 1 aliphatic heterocycles. The molecule has 7 nitrogen and oxygen atoms in total. The summed E-state index contributed by atoms with van der Waals surface area (Å²) in [6.07, 6.45) is 0.138. The third kappa shape index (κ3) is 3.99. The highest BCUT2D eigenvalue weighted by molar-refractivity contribution is 5.81. The van der Waals surface area contributed by atoms with Gasteiger partial charge in [0.05, 0.1) is 17.6 Å². The first-order valence-corrected chi connectivity index (χ1v) is 6.99. The molecule has 0 saturated carbocycles. The summed E-state index contributed by atoms with van der Waals surface area (Å²) in [5.74, 6) is -0.194. The minimum absolute atomic E-state index is 0.0239. The summed E-state index contributed by atoms with van der Waals surface area (Å²) < 4.78 is 5.40. The number of nitrogens with zero attached hydrogens (tertiary/aromatic N) is 1. The minimum Gasteiger partial charge on any atom is -0.366 e. The van der Waals surface area contributed by atoms with E-state index in [1.54, 1.807) is 12.1 Å². The van der Waals surface area contributed by atoms with E-state index in [0.29, 0.717) is 19.6 Å². The van der Waals surface area contributed by atoms with Crippen molar-refractivity contribution in [2.75, 3.05) is 19.7 Å². The van der Waals surface area contributed by atoms with E-state index in [9.17, 15) is 14.9 Å². The maximum absolute atomic E-state index is 12.1.